The molecule has 2 aromatic carbocycles. The quantitative estimate of drug-likeness (QED) is 0.761. The van der Waals surface area contributed by atoms with Gasteiger partial charge in [-0.2, -0.15) is 0 Å². The van der Waals surface area contributed by atoms with Crippen molar-refractivity contribution >= 4 is 17.6 Å². The van der Waals surface area contributed by atoms with Crippen molar-refractivity contribution in [3.63, 3.8) is 0 Å². The van der Waals surface area contributed by atoms with Gasteiger partial charge in [-0.05, 0) is 23.3 Å². The third-order valence-corrected chi connectivity index (χ3v) is 2.92. The first-order valence-corrected chi connectivity index (χ1v) is 6.45. The maximum Gasteiger partial charge on any atom is 0.326 e. The predicted octanol–water partition coefficient (Wildman–Crippen LogP) is 3.99. The fourth-order valence-corrected chi connectivity index (χ4v) is 1.93. The maximum absolute atomic E-state index is 11.7. The molecule has 21 heavy (non-hydrogen) atoms. The van der Waals surface area contributed by atoms with Gasteiger partial charge in [-0.15, -0.1) is 0 Å². The molecule has 3 aromatic rings. The molecule has 0 spiro atoms. The number of amides is 2. The van der Waals surface area contributed by atoms with Crippen LogP contribution in [0.15, 0.2) is 71.4 Å². The Morgan fingerprint density at radius 2 is 1.57 bits per heavy atom. The molecular weight excluding hydrogens is 266 g/mol. The lowest BCUT2D eigenvalue weighted by atomic mass is 10.1. The molecule has 0 aliphatic carbocycles. The molecule has 5 nitrogen and oxygen atoms in total. The van der Waals surface area contributed by atoms with Crippen LogP contribution in [0, 0.1) is 0 Å². The van der Waals surface area contributed by atoms with Crippen molar-refractivity contribution in [2.45, 2.75) is 0 Å². The molecule has 0 aliphatic heterocycles. The minimum Gasteiger partial charge on any atom is -0.338 e. The van der Waals surface area contributed by atoms with Crippen LogP contribution >= 0.6 is 0 Å². The summed E-state index contributed by atoms with van der Waals surface area (Å²) in [6, 6.07) is 18.9. The first-order chi connectivity index (χ1) is 10.3. The first kappa shape index (κ1) is 12.9. The smallest absolute Gasteiger partial charge is 0.326 e. The van der Waals surface area contributed by atoms with E-state index in [1.165, 1.54) is 6.20 Å². The topological polar surface area (TPSA) is 67.2 Å². The molecule has 104 valence electrons. The van der Waals surface area contributed by atoms with Gasteiger partial charge in [0.05, 0.1) is 6.20 Å². The molecule has 0 aliphatic rings. The van der Waals surface area contributed by atoms with Gasteiger partial charge in [-0.1, -0.05) is 47.6 Å². The number of nitrogens with one attached hydrogen (secondary N) is 2. The van der Waals surface area contributed by atoms with E-state index in [1.54, 1.807) is 6.07 Å². The van der Waals surface area contributed by atoms with Gasteiger partial charge >= 0.3 is 6.03 Å². The van der Waals surface area contributed by atoms with Gasteiger partial charge in [0, 0.05) is 11.8 Å². The normalized spacial score (nSPS) is 10.1. The predicted molar refractivity (Wildman–Crippen MR) is 81.0 cm³/mol. The Hall–Kier alpha value is -3.08. The summed E-state index contributed by atoms with van der Waals surface area (Å²) in [6.45, 7) is 0. The van der Waals surface area contributed by atoms with E-state index in [2.05, 4.69) is 15.8 Å². The summed E-state index contributed by atoms with van der Waals surface area (Å²) in [5.74, 6) is 0.299. The molecule has 0 radical (unpaired) electrons. The third kappa shape index (κ3) is 3.27. The molecule has 0 saturated heterocycles. The number of aromatic nitrogens is 1. The minimum absolute atomic E-state index is 0.299. The van der Waals surface area contributed by atoms with Crippen molar-refractivity contribution in [3.05, 3.63) is 66.9 Å². The molecule has 0 bridgehead atoms. The molecule has 0 fully saturated rings. The van der Waals surface area contributed by atoms with Gasteiger partial charge in [-0.25, -0.2) is 4.79 Å². The number of benzene rings is 2. The molecule has 3 rings (SSSR count). The molecule has 5 heteroatoms. The molecule has 1 heterocycles. The lowest BCUT2D eigenvalue weighted by Gasteiger charge is -2.06. The average Bonchev–Trinajstić information content (AvgIpc) is 3.02. The fraction of sp³-hybridized carbons (Fsp3) is 0. The summed E-state index contributed by atoms with van der Waals surface area (Å²) in [6.07, 6.45) is 1.46. The van der Waals surface area contributed by atoms with E-state index in [9.17, 15) is 4.79 Å². The zero-order valence-corrected chi connectivity index (χ0v) is 11.1. The molecule has 0 atom stereocenters. The highest BCUT2D eigenvalue weighted by atomic mass is 16.5. The number of rotatable bonds is 3. The van der Waals surface area contributed by atoms with E-state index < -0.39 is 0 Å². The Bertz CT molecular complexity index is 707. The summed E-state index contributed by atoms with van der Waals surface area (Å²) in [5, 5.41) is 8.77. The van der Waals surface area contributed by atoms with E-state index in [1.807, 2.05) is 54.6 Å². The average molecular weight is 279 g/mol. The van der Waals surface area contributed by atoms with E-state index in [-0.39, 0.29) is 6.03 Å². The monoisotopic (exact) mass is 279 g/mol. The van der Waals surface area contributed by atoms with Gasteiger partial charge in [0.2, 0.25) is 5.88 Å². The van der Waals surface area contributed by atoms with Crippen molar-refractivity contribution in [1.82, 2.24) is 5.16 Å². The van der Waals surface area contributed by atoms with Crippen molar-refractivity contribution in [2.24, 2.45) is 0 Å². The van der Waals surface area contributed by atoms with Crippen LogP contribution in [0.5, 0.6) is 0 Å². The van der Waals surface area contributed by atoms with E-state index in [0.29, 0.717) is 11.6 Å². The van der Waals surface area contributed by atoms with Crippen LogP contribution in [0.25, 0.3) is 11.1 Å². The molecule has 1 aromatic heterocycles. The standard InChI is InChI=1S/C16H13N3O2/c20-16(19-15-10-11-17-21-15)18-14-8-6-13(7-9-14)12-4-2-1-3-5-12/h1-11H,(H2,18,19,20). The molecular formula is C16H13N3O2. The fourth-order valence-electron chi connectivity index (χ4n) is 1.93. The van der Waals surface area contributed by atoms with Gasteiger partial charge < -0.3 is 9.84 Å². The number of hydrogen-bond acceptors (Lipinski definition) is 3. The summed E-state index contributed by atoms with van der Waals surface area (Å²) in [5.41, 5.74) is 2.93. The second-order valence-electron chi connectivity index (χ2n) is 4.40. The zero-order chi connectivity index (χ0) is 14.5. The van der Waals surface area contributed by atoms with Gasteiger partial charge in [-0.3, -0.25) is 5.32 Å². The summed E-state index contributed by atoms with van der Waals surface area (Å²) < 4.78 is 4.80. The van der Waals surface area contributed by atoms with Crippen molar-refractivity contribution in [1.29, 1.82) is 0 Å². The van der Waals surface area contributed by atoms with Crippen molar-refractivity contribution in [2.75, 3.05) is 10.6 Å². The van der Waals surface area contributed by atoms with Crippen LogP contribution in [0.3, 0.4) is 0 Å². The van der Waals surface area contributed by atoms with Crippen LogP contribution in [-0.2, 0) is 0 Å². The number of carbonyl (C=O) groups is 1. The molecule has 2 amide bonds. The number of anilines is 2. The number of nitrogens with zero attached hydrogens (tertiary/aromatic N) is 1. The van der Waals surface area contributed by atoms with Crippen LogP contribution in [0.4, 0.5) is 16.4 Å². The SMILES string of the molecule is O=C(Nc1ccc(-c2ccccc2)cc1)Nc1ccno1. The lowest BCUT2D eigenvalue weighted by molar-refractivity contribution is 0.261. The highest BCUT2D eigenvalue weighted by Crippen LogP contribution is 2.21. The maximum atomic E-state index is 11.7. The van der Waals surface area contributed by atoms with Crippen LogP contribution in [0.2, 0.25) is 0 Å². The summed E-state index contributed by atoms with van der Waals surface area (Å²) >= 11 is 0. The Morgan fingerprint density at radius 3 is 2.24 bits per heavy atom. The van der Waals surface area contributed by atoms with E-state index in [0.717, 1.165) is 11.1 Å². The Balaban J connectivity index is 1.66. The highest BCUT2D eigenvalue weighted by molar-refractivity contribution is 5.98. The van der Waals surface area contributed by atoms with Crippen LogP contribution in [-0.4, -0.2) is 11.2 Å². The van der Waals surface area contributed by atoms with E-state index in [4.69, 9.17) is 4.52 Å². The Labute approximate surface area is 121 Å². The van der Waals surface area contributed by atoms with Gasteiger partial charge in [0.25, 0.3) is 0 Å². The number of hydrogen-bond donors (Lipinski definition) is 2. The van der Waals surface area contributed by atoms with Crippen LogP contribution in [0.1, 0.15) is 0 Å². The van der Waals surface area contributed by atoms with Gasteiger partial charge in [0.15, 0.2) is 0 Å². The second-order valence-corrected chi connectivity index (χ2v) is 4.40. The second kappa shape index (κ2) is 5.92. The molecule has 0 saturated carbocycles. The van der Waals surface area contributed by atoms with Crippen molar-refractivity contribution < 1.29 is 9.32 Å². The number of carbonyl (C=O) groups excluding carboxylic acids is 1. The zero-order valence-electron chi connectivity index (χ0n) is 11.1. The largest absolute Gasteiger partial charge is 0.338 e. The third-order valence-electron chi connectivity index (χ3n) is 2.92. The molecule has 0 unspecified atom stereocenters. The summed E-state index contributed by atoms with van der Waals surface area (Å²) in [4.78, 5) is 11.7. The summed E-state index contributed by atoms with van der Waals surface area (Å²) in [7, 11) is 0. The Kier molecular flexibility index (Phi) is 3.64. The van der Waals surface area contributed by atoms with Gasteiger partial charge in [0.1, 0.15) is 0 Å². The van der Waals surface area contributed by atoms with E-state index >= 15 is 0 Å². The minimum atomic E-state index is -0.376. The first-order valence-electron chi connectivity index (χ1n) is 6.45. The molecule has 2 N–H and O–H groups in total. The Morgan fingerprint density at radius 1 is 0.857 bits per heavy atom. The lowest BCUT2D eigenvalue weighted by Crippen LogP contribution is -2.18. The van der Waals surface area contributed by atoms with Crippen LogP contribution < -0.4 is 10.6 Å². The number of urea groups is 1. The highest BCUT2D eigenvalue weighted by Gasteiger charge is 2.05. The van der Waals surface area contributed by atoms with Crippen molar-refractivity contribution in [3.8, 4) is 11.1 Å².